The van der Waals surface area contributed by atoms with Gasteiger partial charge in [0.25, 0.3) is 5.91 Å². The second-order valence-electron chi connectivity index (χ2n) is 6.74. The number of benzene rings is 1. The Morgan fingerprint density at radius 1 is 1.22 bits per heavy atom. The molecule has 0 saturated carbocycles. The van der Waals surface area contributed by atoms with Gasteiger partial charge in [0, 0.05) is 31.7 Å². The summed E-state index contributed by atoms with van der Waals surface area (Å²) >= 11 is 0. The molecule has 0 radical (unpaired) electrons. The minimum absolute atomic E-state index is 0.0791. The monoisotopic (exact) mass is 374 g/mol. The first-order valence-electron chi connectivity index (χ1n) is 9.48. The van der Waals surface area contributed by atoms with Crippen molar-refractivity contribution in [1.82, 2.24) is 15.5 Å². The number of esters is 1. The van der Waals surface area contributed by atoms with Crippen molar-refractivity contribution in [2.24, 2.45) is 16.8 Å². The molecule has 1 fully saturated rings. The first kappa shape index (κ1) is 20.7. The standard InChI is InChI=1S/C20H30N4O3/c1-5-21-18(25)16-9-7-8-15(10-16)11-23-20(22-6-2)24-12-14(3)17(13-24)19(26)27-4/h7-10,14,17H,5-6,11-13H2,1-4H3,(H,21,25)(H,22,23). The smallest absolute Gasteiger partial charge is 0.310 e. The summed E-state index contributed by atoms with van der Waals surface area (Å²) in [5, 5.41) is 6.10. The fourth-order valence-corrected chi connectivity index (χ4v) is 3.26. The van der Waals surface area contributed by atoms with E-state index < -0.39 is 0 Å². The Morgan fingerprint density at radius 2 is 1.96 bits per heavy atom. The van der Waals surface area contributed by atoms with E-state index in [0.29, 0.717) is 25.2 Å². The number of amides is 1. The van der Waals surface area contributed by atoms with E-state index >= 15 is 0 Å². The minimum atomic E-state index is -0.171. The van der Waals surface area contributed by atoms with Crippen LogP contribution in [0.2, 0.25) is 0 Å². The molecule has 0 aliphatic carbocycles. The van der Waals surface area contributed by atoms with Crippen LogP contribution in [-0.2, 0) is 16.1 Å². The van der Waals surface area contributed by atoms with Gasteiger partial charge in [-0.05, 0) is 37.5 Å². The predicted molar refractivity (Wildman–Crippen MR) is 106 cm³/mol. The molecule has 2 rings (SSSR count). The maximum Gasteiger partial charge on any atom is 0.310 e. The van der Waals surface area contributed by atoms with Crippen LogP contribution in [0, 0.1) is 11.8 Å². The number of nitrogens with zero attached hydrogens (tertiary/aromatic N) is 2. The molecule has 1 amide bonds. The Morgan fingerprint density at radius 3 is 2.63 bits per heavy atom. The van der Waals surface area contributed by atoms with Gasteiger partial charge in [-0.2, -0.15) is 0 Å². The molecule has 1 aromatic carbocycles. The van der Waals surface area contributed by atoms with E-state index in [-0.39, 0.29) is 23.7 Å². The number of ether oxygens (including phenoxy) is 1. The lowest BCUT2D eigenvalue weighted by molar-refractivity contribution is -0.145. The Balaban J connectivity index is 2.11. The van der Waals surface area contributed by atoms with E-state index in [9.17, 15) is 9.59 Å². The number of rotatable bonds is 6. The highest BCUT2D eigenvalue weighted by atomic mass is 16.5. The Hall–Kier alpha value is -2.57. The normalized spacial score (nSPS) is 19.7. The fraction of sp³-hybridized carbons (Fsp3) is 0.550. The molecule has 1 aliphatic rings. The summed E-state index contributed by atoms with van der Waals surface area (Å²) in [4.78, 5) is 30.8. The molecule has 2 atom stereocenters. The molecule has 2 unspecified atom stereocenters. The van der Waals surface area contributed by atoms with Crippen LogP contribution in [0.25, 0.3) is 0 Å². The van der Waals surface area contributed by atoms with Gasteiger partial charge in [0.1, 0.15) is 0 Å². The molecule has 1 aromatic rings. The van der Waals surface area contributed by atoms with Crippen molar-refractivity contribution in [1.29, 1.82) is 0 Å². The molecule has 7 nitrogen and oxygen atoms in total. The zero-order valence-corrected chi connectivity index (χ0v) is 16.6. The SMILES string of the molecule is CCNC(=O)c1cccc(CN=C(NCC)N2CC(C)C(C(=O)OC)C2)c1. The summed E-state index contributed by atoms with van der Waals surface area (Å²) in [5.41, 5.74) is 1.60. The lowest BCUT2D eigenvalue weighted by Gasteiger charge is -2.21. The van der Waals surface area contributed by atoms with E-state index in [2.05, 4.69) is 22.5 Å². The topological polar surface area (TPSA) is 83.0 Å². The highest BCUT2D eigenvalue weighted by Gasteiger charge is 2.36. The molecule has 27 heavy (non-hydrogen) atoms. The van der Waals surface area contributed by atoms with Crippen molar-refractivity contribution in [3.63, 3.8) is 0 Å². The third-order valence-electron chi connectivity index (χ3n) is 4.69. The van der Waals surface area contributed by atoms with E-state index in [0.717, 1.165) is 24.6 Å². The van der Waals surface area contributed by atoms with Gasteiger partial charge in [-0.25, -0.2) is 4.99 Å². The van der Waals surface area contributed by atoms with Crippen LogP contribution < -0.4 is 10.6 Å². The average Bonchev–Trinajstić information content (AvgIpc) is 3.06. The molecule has 0 aromatic heterocycles. The van der Waals surface area contributed by atoms with Crippen molar-refractivity contribution in [3.05, 3.63) is 35.4 Å². The van der Waals surface area contributed by atoms with Crippen molar-refractivity contribution < 1.29 is 14.3 Å². The quantitative estimate of drug-likeness (QED) is 0.449. The van der Waals surface area contributed by atoms with Gasteiger partial charge in [-0.1, -0.05) is 19.1 Å². The number of likely N-dealkylation sites (tertiary alicyclic amines) is 1. The molecular formula is C20H30N4O3. The lowest BCUT2D eigenvalue weighted by atomic mass is 9.99. The van der Waals surface area contributed by atoms with Crippen LogP contribution in [0.4, 0.5) is 0 Å². The van der Waals surface area contributed by atoms with Crippen LogP contribution in [0.5, 0.6) is 0 Å². The molecular weight excluding hydrogens is 344 g/mol. The molecule has 1 aliphatic heterocycles. The van der Waals surface area contributed by atoms with Gasteiger partial charge in [0.05, 0.1) is 19.6 Å². The number of guanidine groups is 1. The van der Waals surface area contributed by atoms with E-state index in [1.165, 1.54) is 7.11 Å². The molecule has 7 heteroatoms. The van der Waals surface area contributed by atoms with Gasteiger partial charge in [-0.3, -0.25) is 9.59 Å². The summed E-state index contributed by atoms with van der Waals surface area (Å²) in [7, 11) is 1.43. The summed E-state index contributed by atoms with van der Waals surface area (Å²) < 4.78 is 4.91. The predicted octanol–water partition coefficient (Wildman–Crippen LogP) is 1.64. The Kier molecular flexibility index (Phi) is 7.64. The van der Waals surface area contributed by atoms with Crippen molar-refractivity contribution >= 4 is 17.8 Å². The minimum Gasteiger partial charge on any atom is -0.469 e. The number of methoxy groups -OCH3 is 1. The number of nitrogens with one attached hydrogen (secondary N) is 2. The molecule has 1 heterocycles. The lowest BCUT2D eigenvalue weighted by Crippen LogP contribution is -2.40. The molecule has 0 bridgehead atoms. The zero-order valence-electron chi connectivity index (χ0n) is 16.6. The van der Waals surface area contributed by atoms with Gasteiger partial charge in [0.15, 0.2) is 5.96 Å². The average molecular weight is 374 g/mol. The van der Waals surface area contributed by atoms with Crippen LogP contribution in [0.3, 0.4) is 0 Å². The first-order chi connectivity index (χ1) is 13.0. The van der Waals surface area contributed by atoms with Crippen molar-refractivity contribution in [2.75, 3.05) is 33.3 Å². The molecule has 1 saturated heterocycles. The maximum absolute atomic E-state index is 12.0. The Labute approximate surface area is 161 Å². The summed E-state index contributed by atoms with van der Waals surface area (Å²) in [6.45, 7) is 9.12. The van der Waals surface area contributed by atoms with E-state index in [1.54, 1.807) is 6.07 Å². The van der Waals surface area contributed by atoms with Crippen LogP contribution in [0.15, 0.2) is 29.3 Å². The number of hydrogen-bond acceptors (Lipinski definition) is 4. The zero-order chi connectivity index (χ0) is 19.8. The van der Waals surface area contributed by atoms with Gasteiger partial charge in [0.2, 0.25) is 0 Å². The summed E-state index contributed by atoms with van der Waals surface area (Å²) in [6.07, 6.45) is 0. The largest absolute Gasteiger partial charge is 0.469 e. The van der Waals surface area contributed by atoms with Crippen LogP contribution >= 0.6 is 0 Å². The second kappa shape index (κ2) is 9.94. The van der Waals surface area contributed by atoms with Crippen molar-refractivity contribution in [3.8, 4) is 0 Å². The second-order valence-corrected chi connectivity index (χ2v) is 6.74. The summed E-state index contributed by atoms with van der Waals surface area (Å²) in [5.74, 6) is 0.599. The third-order valence-corrected chi connectivity index (χ3v) is 4.69. The number of carbonyl (C=O) groups excluding carboxylic acids is 2. The third kappa shape index (κ3) is 5.45. The van der Waals surface area contributed by atoms with Gasteiger partial charge < -0.3 is 20.3 Å². The van der Waals surface area contributed by atoms with Gasteiger partial charge >= 0.3 is 5.97 Å². The van der Waals surface area contributed by atoms with Gasteiger partial charge in [-0.15, -0.1) is 0 Å². The molecule has 0 spiro atoms. The number of carbonyl (C=O) groups is 2. The van der Waals surface area contributed by atoms with E-state index in [1.807, 2.05) is 32.0 Å². The highest BCUT2D eigenvalue weighted by Crippen LogP contribution is 2.24. The summed E-state index contributed by atoms with van der Waals surface area (Å²) in [6, 6.07) is 7.49. The maximum atomic E-state index is 12.0. The number of hydrogen-bond donors (Lipinski definition) is 2. The molecule has 2 N–H and O–H groups in total. The fourth-order valence-electron chi connectivity index (χ4n) is 3.26. The van der Waals surface area contributed by atoms with E-state index in [4.69, 9.17) is 9.73 Å². The van der Waals surface area contributed by atoms with Crippen LogP contribution in [-0.4, -0.2) is 56.0 Å². The van der Waals surface area contributed by atoms with Crippen LogP contribution in [0.1, 0.15) is 36.7 Å². The Bertz CT molecular complexity index is 690. The number of aliphatic imine (C=N–C) groups is 1. The van der Waals surface area contributed by atoms with Crippen molar-refractivity contribution in [2.45, 2.75) is 27.3 Å². The highest BCUT2D eigenvalue weighted by molar-refractivity contribution is 5.94. The molecule has 148 valence electrons. The first-order valence-corrected chi connectivity index (χ1v) is 9.48.